The molecule has 1 amide bonds. The van der Waals surface area contributed by atoms with Gasteiger partial charge in [-0.3, -0.25) is 4.79 Å². The molecule has 8 nitrogen and oxygen atoms in total. The number of benzene rings is 3. The van der Waals surface area contributed by atoms with E-state index in [1.54, 1.807) is 55.5 Å². The van der Waals surface area contributed by atoms with Gasteiger partial charge in [0.1, 0.15) is 29.9 Å². The van der Waals surface area contributed by atoms with Crippen LogP contribution in [-0.2, 0) is 4.79 Å². The molecule has 0 saturated carbocycles. The van der Waals surface area contributed by atoms with E-state index in [-0.39, 0.29) is 24.6 Å². The van der Waals surface area contributed by atoms with Gasteiger partial charge in [-0.05, 0) is 48.0 Å². The van der Waals surface area contributed by atoms with Gasteiger partial charge in [0.2, 0.25) is 11.8 Å². The molecule has 3 aromatic carbocycles. The molecule has 0 bridgehead atoms. The van der Waals surface area contributed by atoms with Crippen LogP contribution in [0.1, 0.15) is 30.0 Å². The second-order valence-corrected chi connectivity index (χ2v) is 8.57. The number of amides is 1. The van der Waals surface area contributed by atoms with Gasteiger partial charge in [-0.25, -0.2) is 13.8 Å². The lowest BCUT2D eigenvalue weighted by Gasteiger charge is -2.25. The molecule has 0 saturated heterocycles. The monoisotopic (exact) mass is 515 g/mol. The van der Waals surface area contributed by atoms with Gasteiger partial charge in [0.05, 0.1) is 12.3 Å². The fraction of sp³-hybridized carbons (Fsp3) is 0.172. The van der Waals surface area contributed by atoms with Crippen molar-refractivity contribution < 1.29 is 24.1 Å². The van der Waals surface area contributed by atoms with Crippen LogP contribution in [-0.4, -0.2) is 38.9 Å². The predicted molar refractivity (Wildman–Crippen MR) is 142 cm³/mol. The molecule has 4 aromatic rings. The molecule has 1 heterocycles. The highest BCUT2D eigenvalue weighted by molar-refractivity contribution is 5.95. The third kappa shape index (κ3) is 5.45. The molecule has 38 heavy (non-hydrogen) atoms. The number of aromatic hydroxyl groups is 1. The second kappa shape index (κ2) is 11.5. The maximum Gasteiger partial charge on any atom is 0.329 e. The molecule has 0 radical (unpaired) electrons. The number of hydrogen-bond donors (Lipinski definition) is 4. The van der Waals surface area contributed by atoms with Crippen molar-refractivity contribution in [2.45, 2.75) is 18.9 Å². The normalized spacial score (nSPS) is 12.4. The highest BCUT2D eigenvalue weighted by atomic mass is 19.1. The van der Waals surface area contributed by atoms with Crippen molar-refractivity contribution in [3.8, 4) is 35.2 Å². The van der Waals surface area contributed by atoms with E-state index in [0.717, 1.165) is 16.2 Å². The third-order valence-electron chi connectivity index (χ3n) is 6.14. The van der Waals surface area contributed by atoms with Crippen LogP contribution in [0.2, 0.25) is 0 Å². The number of aromatic amines is 1. The molecule has 4 N–H and O–H groups in total. The van der Waals surface area contributed by atoms with Gasteiger partial charge in [0.15, 0.2) is 0 Å². The van der Waals surface area contributed by atoms with Crippen molar-refractivity contribution in [3.05, 3.63) is 100 Å². The van der Waals surface area contributed by atoms with Crippen LogP contribution in [0, 0.1) is 18.2 Å². The van der Waals surface area contributed by atoms with Crippen molar-refractivity contribution in [3.63, 3.8) is 0 Å². The molecule has 0 fully saturated rings. The van der Waals surface area contributed by atoms with E-state index in [1.807, 2.05) is 6.07 Å². The number of ether oxygens (including phenoxy) is 1. The summed E-state index contributed by atoms with van der Waals surface area (Å²) < 4.78 is 20.9. The average Bonchev–Trinajstić information content (AvgIpc) is 3.22. The molecule has 2 atom stereocenters. The maximum atomic E-state index is 14.6. The summed E-state index contributed by atoms with van der Waals surface area (Å²) in [6.07, 6.45) is 5.32. The number of rotatable bonds is 9. The van der Waals surface area contributed by atoms with Crippen molar-refractivity contribution in [2.75, 3.05) is 18.5 Å². The molecular formula is C29H26FN3O5. The number of H-pyrrole nitrogens is 1. The molecule has 0 aliphatic heterocycles. The van der Waals surface area contributed by atoms with Gasteiger partial charge in [-0.2, -0.15) is 0 Å². The van der Waals surface area contributed by atoms with E-state index in [2.05, 4.69) is 16.2 Å². The van der Waals surface area contributed by atoms with Gasteiger partial charge < -0.3 is 25.3 Å². The number of nitrogens with zero attached hydrogens (tertiary/aromatic N) is 1. The number of terminal acetylenes is 1. The van der Waals surface area contributed by atoms with Crippen LogP contribution < -0.4 is 15.7 Å². The van der Waals surface area contributed by atoms with Crippen molar-refractivity contribution >= 4 is 11.6 Å². The van der Waals surface area contributed by atoms with E-state index in [9.17, 15) is 19.1 Å². The zero-order valence-corrected chi connectivity index (χ0v) is 20.5. The SMILES string of the molecule is C#Cc1ccc(NC(=O)[C@H]([C@@H](C)c2ccccc2)n2c(O)c(-c3ccc(OCCO)cc3)[nH]c2=O)c(F)c1. The number of carbonyl (C=O) groups is 1. The van der Waals surface area contributed by atoms with Gasteiger partial charge in [-0.15, -0.1) is 6.42 Å². The minimum atomic E-state index is -1.24. The number of imidazole rings is 1. The van der Waals surface area contributed by atoms with Gasteiger partial charge in [0.25, 0.3) is 0 Å². The first kappa shape index (κ1) is 26.3. The van der Waals surface area contributed by atoms with Crippen molar-refractivity contribution in [2.24, 2.45) is 0 Å². The molecule has 4 rings (SSSR count). The first-order valence-corrected chi connectivity index (χ1v) is 11.8. The van der Waals surface area contributed by atoms with Crippen LogP contribution in [0.15, 0.2) is 77.6 Å². The minimum absolute atomic E-state index is 0.103. The lowest BCUT2D eigenvalue weighted by atomic mass is 9.92. The summed E-state index contributed by atoms with van der Waals surface area (Å²) in [6, 6.07) is 18.2. The maximum absolute atomic E-state index is 14.6. The molecule has 194 valence electrons. The first-order chi connectivity index (χ1) is 18.3. The molecule has 1 aromatic heterocycles. The Balaban J connectivity index is 1.75. The Bertz CT molecular complexity index is 1520. The summed E-state index contributed by atoms with van der Waals surface area (Å²) in [4.78, 5) is 29.4. The average molecular weight is 516 g/mol. The van der Waals surface area contributed by atoms with Crippen LogP contribution >= 0.6 is 0 Å². The third-order valence-corrected chi connectivity index (χ3v) is 6.14. The quantitative estimate of drug-likeness (QED) is 0.251. The number of aliphatic hydroxyl groups is 1. The lowest BCUT2D eigenvalue weighted by molar-refractivity contribution is -0.120. The lowest BCUT2D eigenvalue weighted by Crippen LogP contribution is -2.35. The Morgan fingerprint density at radius 3 is 2.50 bits per heavy atom. The van der Waals surface area contributed by atoms with E-state index in [0.29, 0.717) is 16.9 Å². The molecule has 0 aliphatic carbocycles. The number of aromatic nitrogens is 2. The summed E-state index contributed by atoms with van der Waals surface area (Å²) in [5, 5.41) is 22.6. The summed E-state index contributed by atoms with van der Waals surface area (Å²) in [7, 11) is 0. The van der Waals surface area contributed by atoms with Crippen molar-refractivity contribution in [1.82, 2.24) is 9.55 Å². The number of carbonyl (C=O) groups excluding carboxylic acids is 1. The van der Waals surface area contributed by atoms with E-state index >= 15 is 0 Å². The molecule has 0 spiro atoms. The Kier molecular flexibility index (Phi) is 7.94. The number of nitrogens with one attached hydrogen (secondary N) is 2. The van der Waals surface area contributed by atoms with E-state index in [1.165, 1.54) is 12.1 Å². The highest BCUT2D eigenvalue weighted by Crippen LogP contribution is 2.35. The predicted octanol–water partition coefficient (Wildman–Crippen LogP) is 4.02. The topological polar surface area (TPSA) is 117 Å². The Morgan fingerprint density at radius 1 is 1.16 bits per heavy atom. The summed E-state index contributed by atoms with van der Waals surface area (Å²) in [5.74, 6) is 0.349. The zero-order chi connectivity index (χ0) is 27.2. The minimum Gasteiger partial charge on any atom is -0.493 e. The fourth-order valence-corrected chi connectivity index (χ4v) is 4.20. The summed E-state index contributed by atoms with van der Waals surface area (Å²) in [5.41, 5.74) is 0.788. The Morgan fingerprint density at radius 2 is 1.87 bits per heavy atom. The molecule has 0 aliphatic rings. The van der Waals surface area contributed by atoms with Gasteiger partial charge in [-0.1, -0.05) is 43.2 Å². The zero-order valence-electron chi connectivity index (χ0n) is 20.5. The summed E-state index contributed by atoms with van der Waals surface area (Å²) in [6.45, 7) is 1.72. The Labute approximate surface area is 218 Å². The van der Waals surface area contributed by atoms with Crippen LogP contribution in [0.4, 0.5) is 10.1 Å². The number of halogens is 1. The van der Waals surface area contributed by atoms with Crippen molar-refractivity contribution in [1.29, 1.82) is 0 Å². The van der Waals surface area contributed by atoms with Gasteiger partial charge >= 0.3 is 5.69 Å². The van der Waals surface area contributed by atoms with Gasteiger partial charge in [0, 0.05) is 17.0 Å². The van der Waals surface area contributed by atoms with Crippen LogP contribution in [0.25, 0.3) is 11.3 Å². The van der Waals surface area contributed by atoms with E-state index < -0.39 is 35.3 Å². The standard InChI is InChI=1S/C29H26FN3O5/c1-3-19-9-14-24(23(30)17-19)31-27(35)26(18(2)20-7-5-4-6-8-20)33-28(36)25(32-29(33)37)21-10-12-22(13-11-21)38-16-15-34/h1,4-14,17-18,26,34,36H,15-16H2,2H3,(H,31,35)(H,32,37)/t18-,26-/m0/s1. The number of aliphatic hydroxyl groups excluding tert-OH is 1. The Hall–Kier alpha value is -4.81. The highest BCUT2D eigenvalue weighted by Gasteiger charge is 2.33. The van der Waals surface area contributed by atoms with Crippen LogP contribution in [0.5, 0.6) is 11.6 Å². The fourth-order valence-electron chi connectivity index (χ4n) is 4.20. The molecule has 0 unspecified atom stereocenters. The molecule has 9 heteroatoms. The largest absolute Gasteiger partial charge is 0.493 e. The molecular weight excluding hydrogens is 489 g/mol. The smallest absolute Gasteiger partial charge is 0.329 e. The van der Waals surface area contributed by atoms with E-state index in [4.69, 9.17) is 16.3 Å². The second-order valence-electron chi connectivity index (χ2n) is 8.57. The number of anilines is 1. The number of hydrogen-bond acceptors (Lipinski definition) is 5. The first-order valence-electron chi connectivity index (χ1n) is 11.8. The summed E-state index contributed by atoms with van der Waals surface area (Å²) >= 11 is 0. The van der Waals surface area contributed by atoms with Crippen LogP contribution in [0.3, 0.4) is 0 Å².